The molecule has 0 radical (unpaired) electrons. The molecule has 1 aliphatic carbocycles. The summed E-state index contributed by atoms with van der Waals surface area (Å²) >= 11 is 0. The third-order valence-electron chi connectivity index (χ3n) is 2.42. The van der Waals surface area contributed by atoms with Gasteiger partial charge in [0.15, 0.2) is 0 Å². The summed E-state index contributed by atoms with van der Waals surface area (Å²) < 4.78 is 5.53. The van der Waals surface area contributed by atoms with Crippen LogP contribution in [-0.2, 0) is 4.74 Å². The lowest BCUT2D eigenvalue weighted by molar-refractivity contribution is 0.122. The third-order valence-corrected chi connectivity index (χ3v) is 2.42. The van der Waals surface area contributed by atoms with Crippen molar-refractivity contribution in [3.05, 3.63) is 0 Å². The normalized spacial score (nSPS) is 16.1. The predicted molar refractivity (Wildman–Crippen MR) is 59.6 cm³/mol. The van der Waals surface area contributed by atoms with Crippen molar-refractivity contribution in [2.75, 3.05) is 39.4 Å². The fourth-order valence-corrected chi connectivity index (χ4v) is 1.31. The molecule has 0 aromatic rings. The zero-order valence-corrected chi connectivity index (χ0v) is 9.35. The Hall–Kier alpha value is -0.120. The zero-order valence-electron chi connectivity index (χ0n) is 9.35. The van der Waals surface area contributed by atoms with Gasteiger partial charge in [0.2, 0.25) is 0 Å². The Morgan fingerprint density at radius 1 is 1.14 bits per heavy atom. The highest BCUT2D eigenvalue weighted by molar-refractivity contribution is 4.71. The maximum absolute atomic E-state index is 5.53. The highest BCUT2D eigenvalue weighted by atomic mass is 16.5. The number of ether oxygens (including phenoxy) is 1. The van der Waals surface area contributed by atoms with Crippen LogP contribution in [0.25, 0.3) is 0 Å². The van der Waals surface area contributed by atoms with Crippen molar-refractivity contribution in [2.24, 2.45) is 5.92 Å². The molecule has 0 heterocycles. The molecule has 84 valence electrons. The molecule has 14 heavy (non-hydrogen) atoms. The molecular weight excluding hydrogens is 176 g/mol. The molecule has 0 amide bonds. The maximum atomic E-state index is 5.53. The van der Waals surface area contributed by atoms with Crippen molar-refractivity contribution in [3.63, 3.8) is 0 Å². The third kappa shape index (κ3) is 7.30. The molecule has 0 aromatic carbocycles. The molecule has 0 spiro atoms. The fourth-order valence-electron chi connectivity index (χ4n) is 1.31. The summed E-state index contributed by atoms with van der Waals surface area (Å²) in [5, 5.41) is 6.66. The monoisotopic (exact) mass is 200 g/mol. The summed E-state index contributed by atoms with van der Waals surface area (Å²) in [5.41, 5.74) is 0. The minimum Gasteiger partial charge on any atom is -0.381 e. The van der Waals surface area contributed by atoms with E-state index >= 15 is 0 Å². The van der Waals surface area contributed by atoms with Gasteiger partial charge in [-0.2, -0.15) is 0 Å². The molecular formula is C11H24N2O. The van der Waals surface area contributed by atoms with Crippen LogP contribution < -0.4 is 10.6 Å². The van der Waals surface area contributed by atoms with Crippen molar-refractivity contribution >= 4 is 0 Å². The molecule has 1 fully saturated rings. The van der Waals surface area contributed by atoms with Crippen molar-refractivity contribution < 1.29 is 4.74 Å². The van der Waals surface area contributed by atoms with E-state index in [2.05, 4.69) is 17.6 Å². The lowest BCUT2D eigenvalue weighted by atomic mass is 10.4. The van der Waals surface area contributed by atoms with Gasteiger partial charge in [0.1, 0.15) is 0 Å². The Kier molecular flexibility index (Phi) is 7.01. The highest BCUT2D eigenvalue weighted by Gasteiger charge is 2.20. The molecule has 0 saturated heterocycles. The molecule has 1 aliphatic rings. The first-order valence-corrected chi connectivity index (χ1v) is 5.92. The van der Waals surface area contributed by atoms with Gasteiger partial charge in [-0.05, 0) is 38.3 Å². The smallest absolute Gasteiger partial charge is 0.0494 e. The van der Waals surface area contributed by atoms with Crippen LogP contribution in [0.2, 0.25) is 0 Å². The van der Waals surface area contributed by atoms with Gasteiger partial charge >= 0.3 is 0 Å². The van der Waals surface area contributed by atoms with E-state index in [1.807, 2.05) is 0 Å². The van der Waals surface area contributed by atoms with Crippen LogP contribution in [0.15, 0.2) is 0 Å². The Morgan fingerprint density at radius 3 is 2.64 bits per heavy atom. The van der Waals surface area contributed by atoms with E-state index in [0.29, 0.717) is 0 Å². The molecule has 0 unspecified atom stereocenters. The Bertz CT molecular complexity index is 126. The SMILES string of the molecule is CCNCCNCCCOCC1CC1. The summed E-state index contributed by atoms with van der Waals surface area (Å²) in [5.74, 6) is 0.900. The predicted octanol–water partition coefficient (Wildman–Crippen LogP) is 1.00. The van der Waals surface area contributed by atoms with Crippen LogP contribution in [0, 0.1) is 5.92 Å². The molecule has 0 aromatic heterocycles. The second-order valence-corrected chi connectivity index (χ2v) is 3.98. The van der Waals surface area contributed by atoms with Gasteiger partial charge < -0.3 is 15.4 Å². The first kappa shape index (κ1) is 12.0. The molecule has 0 atom stereocenters. The zero-order chi connectivity index (χ0) is 10.1. The van der Waals surface area contributed by atoms with Crippen molar-refractivity contribution in [1.29, 1.82) is 0 Å². The van der Waals surface area contributed by atoms with E-state index in [0.717, 1.165) is 51.7 Å². The van der Waals surface area contributed by atoms with Gasteiger partial charge in [-0.1, -0.05) is 6.92 Å². The van der Waals surface area contributed by atoms with Crippen LogP contribution in [0.5, 0.6) is 0 Å². The average Bonchev–Trinajstić information content (AvgIpc) is 2.99. The van der Waals surface area contributed by atoms with Crippen LogP contribution in [0.4, 0.5) is 0 Å². The Labute approximate surface area is 87.6 Å². The summed E-state index contributed by atoms with van der Waals surface area (Å²) in [4.78, 5) is 0. The first-order chi connectivity index (χ1) is 6.93. The molecule has 1 saturated carbocycles. The number of likely N-dealkylation sites (N-methyl/N-ethyl adjacent to an activating group) is 1. The number of hydrogen-bond donors (Lipinski definition) is 2. The standard InChI is InChI=1S/C11H24N2O/c1-2-12-7-8-13-6-3-9-14-10-11-4-5-11/h11-13H,2-10H2,1H3. The minimum absolute atomic E-state index is 0.900. The fraction of sp³-hybridized carbons (Fsp3) is 1.00. The van der Waals surface area contributed by atoms with Crippen LogP contribution >= 0.6 is 0 Å². The maximum Gasteiger partial charge on any atom is 0.0494 e. The topological polar surface area (TPSA) is 33.3 Å². The summed E-state index contributed by atoms with van der Waals surface area (Å²) in [6.07, 6.45) is 3.92. The Morgan fingerprint density at radius 2 is 1.93 bits per heavy atom. The molecule has 2 N–H and O–H groups in total. The second kappa shape index (κ2) is 8.21. The number of hydrogen-bond acceptors (Lipinski definition) is 3. The molecule has 1 rings (SSSR count). The van der Waals surface area contributed by atoms with Gasteiger partial charge in [0, 0.05) is 26.3 Å². The quantitative estimate of drug-likeness (QED) is 0.516. The largest absolute Gasteiger partial charge is 0.381 e. The van der Waals surface area contributed by atoms with E-state index in [9.17, 15) is 0 Å². The van der Waals surface area contributed by atoms with Crippen LogP contribution in [0.1, 0.15) is 26.2 Å². The summed E-state index contributed by atoms with van der Waals surface area (Å²) in [6.45, 7) is 8.33. The summed E-state index contributed by atoms with van der Waals surface area (Å²) in [6, 6.07) is 0. The highest BCUT2D eigenvalue weighted by Crippen LogP contribution is 2.28. The van der Waals surface area contributed by atoms with E-state index in [4.69, 9.17) is 4.74 Å². The lowest BCUT2D eigenvalue weighted by Crippen LogP contribution is -2.28. The Balaban J connectivity index is 1.63. The molecule has 3 heteroatoms. The van der Waals surface area contributed by atoms with E-state index < -0.39 is 0 Å². The average molecular weight is 200 g/mol. The van der Waals surface area contributed by atoms with Crippen molar-refractivity contribution in [2.45, 2.75) is 26.2 Å². The van der Waals surface area contributed by atoms with Crippen LogP contribution in [-0.4, -0.2) is 39.4 Å². The van der Waals surface area contributed by atoms with Gasteiger partial charge in [0.05, 0.1) is 0 Å². The number of rotatable bonds is 10. The van der Waals surface area contributed by atoms with Gasteiger partial charge in [0.25, 0.3) is 0 Å². The lowest BCUT2D eigenvalue weighted by Gasteiger charge is -2.05. The van der Waals surface area contributed by atoms with E-state index in [1.54, 1.807) is 0 Å². The van der Waals surface area contributed by atoms with Crippen molar-refractivity contribution in [3.8, 4) is 0 Å². The molecule has 0 bridgehead atoms. The first-order valence-electron chi connectivity index (χ1n) is 5.92. The number of nitrogens with one attached hydrogen (secondary N) is 2. The van der Waals surface area contributed by atoms with Gasteiger partial charge in [-0.25, -0.2) is 0 Å². The van der Waals surface area contributed by atoms with E-state index in [-0.39, 0.29) is 0 Å². The van der Waals surface area contributed by atoms with Gasteiger partial charge in [-0.3, -0.25) is 0 Å². The molecule has 0 aliphatic heterocycles. The minimum atomic E-state index is 0.900. The van der Waals surface area contributed by atoms with E-state index in [1.165, 1.54) is 12.8 Å². The van der Waals surface area contributed by atoms with Crippen LogP contribution in [0.3, 0.4) is 0 Å². The second-order valence-electron chi connectivity index (χ2n) is 3.98. The van der Waals surface area contributed by atoms with Gasteiger partial charge in [-0.15, -0.1) is 0 Å². The molecule has 3 nitrogen and oxygen atoms in total. The summed E-state index contributed by atoms with van der Waals surface area (Å²) in [7, 11) is 0. The van der Waals surface area contributed by atoms with Crippen molar-refractivity contribution in [1.82, 2.24) is 10.6 Å².